The first-order valence-electron chi connectivity index (χ1n) is 8.65. The highest BCUT2D eigenvalue weighted by Crippen LogP contribution is 2.35. The van der Waals surface area contributed by atoms with Gasteiger partial charge in [0, 0.05) is 0 Å². The Kier molecular flexibility index (Phi) is 5.77. The van der Waals surface area contributed by atoms with Crippen LogP contribution in [-0.2, 0) is 4.79 Å². The molecule has 0 N–H and O–H groups in total. The number of methoxy groups -OCH3 is 1. The van der Waals surface area contributed by atoms with Crippen LogP contribution in [0, 0.1) is 29.1 Å². The molecule has 1 amide bonds. The zero-order chi connectivity index (χ0) is 22.2. The molecule has 3 rings (SSSR count). The predicted octanol–water partition coefficient (Wildman–Crippen LogP) is 4.60. The molecule has 0 bridgehead atoms. The fourth-order valence-electron chi connectivity index (χ4n) is 2.83. The van der Waals surface area contributed by atoms with Gasteiger partial charge < -0.3 is 9.47 Å². The van der Waals surface area contributed by atoms with Crippen molar-refractivity contribution in [1.82, 2.24) is 0 Å². The van der Waals surface area contributed by atoms with Gasteiger partial charge in [0.2, 0.25) is 5.82 Å². The summed E-state index contributed by atoms with van der Waals surface area (Å²) in [6.07, 6.45) is 1.36. The molecular weight excluding hydrogens is 411 g/mol. The van der Waals surface area contributed by atoms with Gasteiger partial charge in [-0.25, -0.2) is 22.0 Å². The Balaban J connectivity index is 2.05. The summed E-state index contributed by atoms with van der Waals surface area (Å²) >= 11 is 0. The maximum atomic E-state index is 14.1. The quantitative estimate of drug-likeness (QED) is 0.304. The van der Waals surface area contributed by atoms with Crippen LogP contribution in [0.25, 0.3) is 6.08 Å². The zero-order valence-electron chi connectivity index (χ0n) is 16.0. The Morgan fingerprint density at radius 1 is 1.00 bits per heavy atom. The van der Waals surface area contributed by atoms with E-state index < -0.39 is 40.7 Å². The highest BCUT2D eigenvalue weighted by Gasteiger charge is 2.37. The molecular formula is C20H15F5N2O3. The molecule has 1 aliphatic rings. The maximum Gasteiger partial charge on any atom is 0.280 e. The first kappa shape index (κ1) is 21.3. The number of rotatable bonds is 5. The minimum absolute atomic E-state index is 0.0257. The fourth-order valence-corrected chi connectivity index (χ4v) is 2.83. The second-order valence-electron chi connectivity index (χ2n) is 6.12. The van der Waals surface area contributed by atoms with E-state index in [0.717, 1.165) is 0 Å². The number of ether oxygens (including phenoxy) is 2. The molecule has 158 valence electrons. The van der Waals surface area contributed by atoms with E-state index in [0.29, 0.717) is 23.7 Å². The average Bonchev–Trinajstić information content (AvgIpc) is 2.99. The van der Waals surface area contributed by atoms with E-state index in [-0.39, 0.29) is 16.3 Å². The van der Waals surface area contributed by atoms with Crippen molar-refractivity contribution in [3.63, 3.8) is 0 Å². The minimum atomic E-state index is -2.32. The van der Waals surface area contributed by atoms with Crippen molar-refractivity contribution in [2.45, 2.75) is 13.8 Å². The molecule has 0 saturated heterocycles. The summed E-state index contributed by atoms with van der Waals surface area (Å²) in [6.45, 7) is 3.48. The third-order valence-electron chi connectivity index (χ3n) is 4.26. The van der Waals surface area contributed by atoms with Crippen LogP contribution in [0.3, 0.4) is 0 Å². The summed E-state index contributed by atoms with van der Waals surface area (Å²) in [5, 5.41) is 3.84. The van der Waals surface area contributed by atoms with Crippen LogP contribution in [0.15, 0.2) is 28.9 Å². The van der Waals surface area contributed by atoms with Gasteiger partial charge in [-0.1, -0.05) is 6.07 Å². The lowest BCUT2D eigenvalue weighted by atomic mass is 10.1. The van der Waals surface area contributed by atoms with E-state index in [9.17, 15) is 26.7 Å². The van der Waals surface area contributed by atoms with E-state index in [1.807, 2.05) is 0 Å². The van der Waals surface area contributed by atoms with Gasteiger partial charge in [0.15, 0.2) is 34.8 Å². The third kappa shape index (κ3) is 3.49. The molecule has 1 aliphatic heterocycles. The lowest BCUT2D eigenvalue weighted by Gasteiger charge is -2.15. The molecule has 2 aromatic rings. The molecule has 30 heavy (non-hydrogen) atoms. The first-order valence-corrected chi connectivity index (χ1v) is 8.65. The monoisotopic (exact) mass is 426 g/mol. The number of anilines is 1. The van der Waals surface area contributed by atoms with E-state index in [1.54, 1.807) is 25.1 Å². The van der Waals surface area contributed by atoms with Gasteiger partial charge in [0.05, 0.1) is 25.0 Å². The highest BCUT2D eigenvalue weighted by atomic mass is 19.2. The van der Waals surface area contributed by atoms with Crippen LogP contribution in [0.4, 0.5) is 27.6 Å². The highest BCUT2D eigenvalue weighted by molar-refractivity contribution is 6.32. The van der Waals surface area contributed by atoms with Gasteiger partial charge in [0.1, 0.15) is 5.69 Å². The SMILES string of the molecule is CCOc1cc(/C=C2/C(=O)N(c3c(F)c(F)c(F)c(F)c3F)N=C2C)ccc1OC. The molecule has 0 aliphatic carbocycles. The second-order valence-corrected chi connectivity index (χ2v) is 6.12. The Morgan fingerprint density at radius 2 is 1.60 bits per heavy atom. The zero-order valence-corrected chi connectivity index (χ0v) is 16.0. The Bertz CT molecular complexity index is 1070. The van der Waals surface area contributed by atoms with Crippen molar-refractivity contribution in [1.29, 1.82) is 0 Å². The Hall–Kier alpha value is -3.43. The van der Waals surface area contributed by atoms with E-state index in [1.165, 1.54) is 20.1 Å². The molecule has 0 aromatic heterocycles. The number of amides is 1. The molecule has 0 fully saturated rings. The van der Waals surface area contributed by atoms with Crippen molar-refractivity contribution in [3.05, 3.63) is 58.4 Å². The van der Waals surface area contributed by atoms with E-state index in [2.05, 4.69) is 5.10 Å². The lowest BCUT2D eigenvalue weighted by molar-refractivity contribution is -0.114. The standard InChI is InChI=1S/C20H15F5N2O3/c1-4-30-13-8-10(5-6-12(13)29-3)7-11-9(2)26-27(20(11)28)19-17(24)15(22)14(21)16(23)18(19)25/h5-8H,4H2,1-3H3/b11-7+. The number of hydrogen-bond acceptors (Lipinski definition) is 4. The van der Waals surface area contributed by atoms with Gasteiger partial charge in [-0.15, -0.1) is 0 Å². The van der Waals surface area contributed by atoms with Gasteiger partial charge in [0.25, 0.3) is 5.91 Å². The molecule has 0 saturated carbocycles. The third-order valence-corrected chi connectivity index (χ3v) is 4.26. The van der Waals surface area contributed by atoms with Crippen LogP contribution in [0.5, 0.6) is 11.5 Å². The summed E-state index contributed by atoms with van der Waals surface area (Å²) in [5.74, 6) is -11.2. The van der Waals surface area contributed by atoms with Crippen molar-refractivity contribution in [2.75, 3.05) is 18.7 Å². The topological polar surface area (TPSA) is 51.1 Å². The van der Waals surface area contributed by atoms with Crippen molar-refractivity contribution >= 4 is 23.4 Å². The smallest absolute Gasteiger partial charge is 0.280 e. The minimum Gasteiger partial charge on any atom is -0.493 e. The van der Waals surface area contributed by atoms with Gasteiger partial charge in [-0.3, -0.25) is 4.79 Å². The molecule has 5 nitrogen and oxygen atoms in total. The van der Waals surface area contributed by atoms with Gasteiger partial charge in [-0.05, 0) is 37.6 Å². The number of hydrogen-bond donors (Lipinski definition) is 0. The number of carbonyl (C=O) groups is 1. The number of benzene rings is 2. The molecule has 10 heteroatoms. The fraction of sp³-hybridized carbons (Fsp3) is 0.200. The number of nitrogens with zero attached hydrogens (tertiary/aromatic N) is 2. The molecule has 0 unspecified atom stereocenters. The lowest BCUT2D eigenvalue weighted by Crippen LogP contribution is -2.25. The van der Waals surface area contributed by atoms with Crippen LogP contribution in [0.2, 0.25) is 0 Å². The number of hydrazone groups is 1. The summed E-state index contributed by atoms with van der Waals surface area (Å²) in [7, 11) is 1.45. The second kappa shape index (κ2) is 8.13. The van der Waals surface area contributed by atoms with Crippen LogP contribution < -0.4 is 14.5 Å². The summed E-state index contributed by atoms with van der Waals surface area (Å²) < 4.78 is 79.1. The molecule has 1 heterocycles. The van der Waals surface area contributed by atoms with Crippen LogP contribution in [0.1, 0.15) is 19.4 Å². The van der Waals surface area contributed by atoms with Crippen LogP contribution in [-0.4, -0.2) is 25.3 Å². The molecule has 0 spiro atoms. The summed E-state index contributed by atoms with van der Waals surface area (Å²) in [4.78, 5) is 12.7. The van der Waals surface area contributed by atoms with E-state index >= 15 is 0 Å². The van der Waals surface area contributed by atoms with Crippen molar-refractivity contribution in [3.8, 4) is 11.5 Å². The van der Waals surface area contributed by atoms with Gasteiger partial charge in [-0.2, -0.15) is 10.1 Å². The number of carbonyl (C=O) groups excluding carboxylic acids is 1. The molecule has 2 aromatic carbocycles. The predicted molar refractivity (Wildman–Crippen MR) is 99.0 cm³/mol. The number of halogens is 5. The molecule has 0 radical (unpaired) electrons. The largest absolute Gasteiger partial charge is 0.493 e. The van der Waals surface area contributed by atoms with Crippen LogP contribution >= 0.6 is 0 Å². The summed E-state index contributed by atoms with van der Waals surface area (Å²) in [5.41, 5.74) is -1.04. The normalized spacial score (nSPS) is 15.1. The van der Waals surface area contributed by atoms with Crippen molar-refractivity contribution < 1.29 is 36.2 Å². The Labute approximate surface area is 168 Å². The van der Waals surface area contributed by atoms with Gasteiger partial charge >= 0.3 is 0 Å². The van der Waals surface area contributed by atoms with E-state index in [4.69, 9.17) is 9.47 Å². The first-order chi connectivity index (χ1) is 14.2. The molecule has 0 atom stereocenters. The Morgan fingerprint density at radius 3 is 2.17 bits per heavy atom. The maximum absolute atomic E-state index is 14.1. The summed E-state index contributed by atoms with van der Waals surface area (Å²) in [6, 6.07) is 4.75. The average molecular weight is 426 g/mol. The van der Waals surface area contributed by atoms with Crippen molar-refractivity contribution in [2.24, 2.45) is 5.10 Å².